The molecule has 3 N–H and O–H groups in total. The lowest BCUT2D eigenvalue weighted by Gasteiger charge is -2.37. The minimum atomic E-state index is -0.870. The summed E-state index contributed by atoms with van der Waals surface area (Å²) < 4.78 is 0. The molecule has 2 fully saturated rings. The van der Waals surface area contributed by atoms with Gasteiger partial charge in [0, 0.05) is 51.4 Å². The van der Waals surface area contributed by atoms with Crippen LogP contribution in [-0.4, -0.2) is 97.7 Å². The fourth-order valence-corrected chi connectivity index (χ4v) is 7.19. The first kappa shape index (κ1) is 32.2. The molecule has 2 aliphatic carbocycles. The second-order valence-electron chi connectivity index (χ2n) is 13.3. The Morgan fingerprint density at radius 2 is 1.56 bits per heavy atom. The van der Waals surface area contributed by atoms with Crippen LogP contribution in [0, 0.1) is 17.2 Å². The van der Waals surface area contributed by atoms with Gasteiger partial charge in [0.1, 0.15) is 11.9 Å². The van der Waals surface area contributed by atoms with Gasteiger partial charge in [0.15, 0.2) is 0 Å². The van der Waals surface area contributed by atoms with Gasteiger partial charge in [-0.05, 0) is 105 Å². The van der Waals surface area contributed by atoms with E-state index >= 15 is 0 Å². The van der Waals surface area contributed by atoms with Crippen molar-refractivity contribution < 1.29 is 14.4 Å². The Labute approximate surface area is 266 Å². The van der Waals surface area contributed by atoms with Crippen LogP contribution in [0.25, 0.3) is 0 Å². The number of rotatable bonds is 9. The van der Waals surface area contributed by atoms with Gasteiger partial charge in [0.25, 0.3) is 11.8 Å². The first-order chi connectivity index (χ1) is 21.4. The summed E-state index contributed by atoms with van der Waals surface area (Å²) in [5, 5.41) is 12.9. The highest BCUT2D eigenvalue weighted by Gasteiger charge is 2.54. The lowest BCUT2D eigenvalue weighted by Crippen LogP contribution is -2.47. The summed E-state index contributed by atoms with van der Waals surface area (Å²) in [6.45, 7) is 4.56. The van der Waals surface area contributed by atoms with E-state index in [1.54, 1.807) is 42.9 Å². The fourth-order valence-electron chi connectivity index (χ4n) is 7.19. The molecule has 1 saturated heterocycles. The van der Waals surface area contributed by atoms with Crippen LogP contribution in [-0.2, 0) is 23.1 Å². The number of hydrogen-bond donors (Lipinski definition) is 2. The number of nitrogens with two attached hydrogens (primary N) is 1. The number of carbonyl (C=O) groups is 3. The molecule has 1 saturated carbocycles. The number of nitrogens with one attached hydrogen (secondary N) is 1. The number of aryl methyl sites for hydroxylation is 2. The lowest BCUT2D eigenvalue weighted by atomic mass is 9.68. The number of nitrogens with zero attached hydrogens (tertiary/aromatic N) is 5. The number of fused-ring (bicyclic) bond motifs is 3. The molecule has 0 bridgehead atoms. The Morgan fingerprint density at radius 1 is 1.00 bits per heavy atom. The number of amidine groups is 1. The smallest absolute Gasteiger partial charge is 0.253 e. The van der Waals surface area contributed by atoms with Crippen molar-refractivity contribution in [2.75, 3.05) is 41.3 Å². The van der Waals surface area contributed by atoms with Crippen molar-refractivity contribution in [2.24, 2.45) is 16.6 Å². The third-order valence-electron chi connectivity index (χ3n) is 9.43. The monoisotopic (exact) mass is 611 g/mol. The van der Waals surface area contributed by atoms with Crippen LogP contribution < -0.4 is 11.1 Å². The molecule has 5 rings (SSSR count). The first-order valence-corrected chi connectivity index (χ1v) is 15.8. The summed E-state index contributed by atoms with van der Waals surface area (Å²) in [5.74, 6) is 0.705. The van der Waals surface area contributed by atoms with Crippen LogP contribution in [0.5, 0.6) is 0 Å². The van der Waals surface area contributed by atoms with Crippen LogP contribution in [0.4, 0.5) is 0 Å². The van der Waals surface area contributed by atoms with E-state index in [1.165, 1.54) is 0 Å². The largest absolute Gasteiger partial charge is 0.386 e. The lowest BCUT2D eigenvalue weighted by molar-refractivity contribution is -0.131. The quantitative estimate of drug-likeness (QED) is 0.254. The maximum atomic E-state index is 13.2. The minimum Gasteiger partial charge on any atom is -0.386 e. The van der Waals surface area contributed by atoms with Crippen LogP contribution >= 0.6 is 0 Å². The molecule has 3 amide bonds. The van der Waals surface area contributed by atoms with E-state index in [1.807, 2.05) is 50.2 Å². The number of nitriles is 1. The van der Waals surface area contributed by atoms with Gasteiger partial charge in [-0.3, -0.25) is 19.4 Å². The van der Waals surface area contributed by atoms with E-state index in [2.05, 4.69) is 11.4 Å². The third kappa shape index (κ3) is 6.06. The van der Waals surface area contributed by atoms with Gasteiger partial charge >= 0.3 is 0 Å². The molecule has 0 radical (unpaired) electrons. The highest BCUT2D eigenvalue weighted by atomic mass is 16.2. The van der Waals surface area contributed by atoms with E-state index < -0.39 is 5.41 Å². The second kappa shape index (κ2) is 12.6. The number of likely N-dealkylation sites (tertiary alicyclic amines) is 1. The van der Waals surface area contributed by atoms with Crippen molar-refractivity contribution in [3.63, 3.8) is 0 Å². The molecule has 1 heterocycles. The van der Waals surface area contributed by atoms with Gasteiger partial charge in [-0.15, -0.1) is 0 Å². The van der Waals surface area contributed by atoms with Crippen molar-refractivity contribution in [1.29, 1.82) is 5.26 Å². The Morgan fingerprint density at radius 3 is 2.04 bits per heavy atom. The molecule has 0 spiro atoms. The average molecular weight is 612 g/mol. The Balaban J connectivity index is 1.56. The Hall–Kier alpha value is -4.23. The predicted octanol–water partition coefficient (Wildman–Crippen LogP) is 2.73. The van der Waals surface area contributed by atoms with E-state index in [-0.39, 0.29) is 42.4 Å². The van der Waals surface area contributed by atoms with Crippen molar-refractivity contribution in [2.45, 2.75) is 69.5 Å². The summed E-state index contributed by atoms with van der Waals surface area (Å²) in [4.78, 5) is 49.0. The zero-order chi connectivity index (χ0) is 32.6. The Kier molecular flexibility index (Phi) is 9.04. The molecule has 2 aromatic rings. The molecule has 1 aliphatic heterocycles. The summed E-state index contributed by atoms with van der Waals surface area (Å²) >= 11 is 0. The minimum absolute atomic E-state index is 0.0511. The summed E-state index contributed by atoms with van der Waals surface area (Å²) in [6, 6.07) is 13.7. The van der Waals surface area contributed by atoms with Crippen LogP contribution in [0.3, 0.4) is 0 Å². The molecule has 10 heteroatoms. The van der Waals surface area contributed by atoms with Gasteiger partial charge in [-0.25, -0.2) is 0 Å². The SMILES string of the molecule is CC(C)N=C(N)C1(CCNCC(=O)N2[C@H](C#N)C[C@@H]3C[C@@H]32)c2ccc(C(=O)N(C)C)cc2CCc2cc(C(=O)N(C)C)ccc21. The van der Waals surface area contributed by atoms with Crippen molar-refractivity contribution in [1.82, 2.24) is 20.0 Å². The number of carbonyl (C=O) groups excluding carboxylic acids is 3. The summed E-state index contributed by atoms with van der Waals surface area (Å²) in [6.07, 6.45) is 3.57. The maximum absolute atomic E-state index is 13.2. The summed E-state index contributed by atoms with van der Waals surface area (Å²) in [7, 11) is 6.95. The number of benzene rings is 2. The highest BCUT2D eigenvalue weighted by Crippen LogP contribution is 2.47. The summed E-state index contributed by atoms with van der Waals surface area (Å²) in [5.41, 5.74) is 11.3. The molecule has 3 atom stereocenters. The number of amides is 3. The molecular weight excluding hydrogens is 566 g/mol. The van der Waals surface area contributed by atoms with Gasteiger partial charge in [-0.1, -0.05) is 12.1 Å². The van der Waals surface area contributed by atoms with Crippen LogP contribution in [0.1, 0.15) is 76.1 Å². The average Bonchev–Trinajstić information content (AvgIpc) is 3.70. The van der Waals surface area contributed by atoms with Crippen molar-refractivity contribution in [3.8, 4) is 6.07 Å². The highest BCUT2D eigenvalue weighted by molar-refractivity contribution is 5.99. The number of hydrogen-bond acceptors (Lipinski definition) is 6. The topological polar surface area (TPSA) is 135 Å². The standard InChI is InChI=1S/C35H45N7O3/c1-21(2)39-34(37)35(13-14-38-20-31(43)42-27(19-36)17-26-18-30(26)42)28-11-9-24(32(44)40(3)4)15-22(28)7-8-23-16-25(10-12-29(23)35)33(45)41(5)6/h9-12,15-16,21,26-27,30,38H,7-8,13-14,17-18,20H2,1-6H3,(H2,37,39)/t26-,27+,30+/m1/s1. The fraction of sp³-hybridized carbons (Fsp3) is 0.514. The van der Waals surface area contributed by atoms with Crippen LogP contribution in [0.15, 0.2) is 41.4 Å². The first-order valence-electron chi connectivity index (χ1n) is 15.8. The zero-order valence-electron chi connectivity index (χ0n) is 27.3. The third-order valence-corrected chi connectivity index (χ3v) is 9.43. The molecule has 0 unspecified atom stereocenters. The molecule has 3 aliphatic rings. The predicted molar refractivity (Wildman–Crippen MR) is 174 cm³/mol. The van der Waals surface area contributed by atoms with Gasteiger partial charge in [-0.2, -0.15) is 5.26 Å². The van der Waals surface area contributed by atoms with Crippen molar-refractivity contribution in [3.05, 3.63) is 69.8 Å². The Bertz CT molecular complexity index is 1500. The number of piperidine rings is 1. The van der Waals surface area contributed by atoms with Gasteiger partial charge < -0.3 is 25.8 Å². The van der Waals surface area contributed by atoms with Crippen molar-refractivity contribution >= 4 is 23.6 Å². The molecule has 2 aromatic carbocycles. The van der Waals surface area contributed by atoms with E-state index in [0.29, 0.717) is 48.7 Å². The van der Waals surface area contributed by atoms with Gasteiger partial charge in [0.2, 0.25) is 5.91 Å². The van der Waals surface area contributed by atoms with E-state index in [4.69, 9.17) is 10.7 Å². The zero-order valence-corrected chi connectivity index (χ0v) is 27.3. The maximum Gasteiger partial charge on any atom is 0.253 e. The van der Waals surface area contributed by atoms with Crippen LogP contribution in [0.2, 0.25) is 0 Å². The number of aliphatic imine (C=N–C) groups is 1. The molecule has 10 nitrogen and oxygen atoms in total. The second-order valence-corrected chi connectivity index (χ2v) is 13.3. The van der Waals surface area contributed by atoms with Gasteiger partial charge in [0.05, 0.1) is 18.0 Å². The molecule has 238 valence electrons. The molecular formula is C35H45N7O3. The molecule has 45 heavy (non-hydrogen) atoms. The van der Waals surface area contributed by atoms with E-state index in [9.17, 15) is 19.6 Å². The molecule has 0 aromatic heterocycles. The normalized spacial score (nSPS) is 21.2. The van der Waals surface area contributed by atoms with E-state index in [0.717, 1.165) is 35.1 Å².